The van der Waals surface area contributed by atoms with Crippen LogP contribution in [0.5, 0.6) is 0 Å². The zero-order valence-corrected chi connectivity index (χ0v) is 19.3. The third-order valence-corrected chi connectivity index (χ3v) is 7.04. The van der Waals surface area contributed by atoms with E-state index in [1.807, 2.05) is 48.5 Å². The summed E-state index contributed by atoms with van der Waals surface area (Å²) in [6.07, 6.45) is -3.79. The molecule has 1 fully saturated rings. The number of aromatic amines is 1. The SMILES string of the molecule is Nc1nc2c(ncn2[C@]2(C(=O)OCC3c4ccccc4-c4ccccc43)O[C@H](CO)[C@@H](O)[C@H]2O)c(=O)[nH]1. The molecule has 1 aliphatic heterocycles. The van der Waals surface area contributed by atoms with Crippen LogP contribution in [0.2, 0.25) is 0 Å². The maximum Gasteiger partial charge on any atom is 0.363 e. The van der Waals surface area contributed by atoms with Gasteiger partial charge >= 0.3 is 5.97 Å². The third kappa shape index (κ3) is 3.30. The Morgan fingerprint density at radius 1 is 1.14 bits per heavy atom. The normalized spacial score (nSPS) is 24.8. The molecule has 4 aromatic rings. The van der Waals surface area contributed by atoms with E-state index < -0.39 is 42.2 Å². The summed E-state index contributed by atoms with van der Waals surface area (Å²) in [4.78, 5) is 36.5. The molecule has 0 spiro atoms. The van der Waals surface area contributed by atoms with Crippen molar-refractivity contribution in [2.24, 2.45) is 0 Å². The summed E-state index contributed by atoms with van der Waals surface area (Å²) in [6, 6.07) is 15.6. The molecule has 1 saturated heterocycles. The monoisotopic (exact) mass is 505 g/mol. The number of hydrogen-bond donors (Lipinski definition) is 5. The highest BCUT2D eigenvalue weighted by Crippen LogP contribution is 2.45. The Kier molecular flexibility index (Phi) is 5.35. The number of fused-ring (bicyclic) bond motifs is 4. The Morgan fingerprint density at radius 3 is 2.41 bits per heavy atom. The van der Waals surface area contributed by atoms with E-state index in [9.17, 15) is 24.9 Å². The molecule has 4 atom stereocenters. The minimum Gasteiger partial charge on any atom is -0.461 e. The van der Waals surface area contributed by atoms with Gasteiger partial charge in [0.25, 0.3) is 11.3 Å². The smallest absolute Gasteiger partial charge is 0.363 e. The molecule has 0 amide bonds. The van der Waals surface area contributed by atoms with Gasteiger partial charge < -0.3 is 30.5 Å². The molecular formula is C25H23N5O7. The van der Waals surface area contributed by atoms with Crippen LogP contribution in [-0.4, -0.2) is 72.3 Å². The van der Waals surface area contributed by atoms with Crippen molar-refractivity contribution < 1.29 is 29.6 Å². The number of ether oxygens (including phenoxy) is 2. The van der Waals surface area contributed by atoms with Gasteiger partial charge in [0.1, 0.15) is 31.2 Å². The number of aromatic nitrogens is 4. The maximum atomic E-state index is 13.8. The molecule has 6 N–H and O–H groups in total. The predicted molar refractivity (Wildman–Crippen MR) is 129 cm³/mol. The molecule has 0 bridgehead atoms. The van der Waals surface area contributed by atoms with E-state index in [0.717, 1.165) is 33.1 Å². The Labute approximate surface area is 208 Å². The predicted octanol–water partition coefficient (Wildman–Crippen LogP) is -0.177. The summed E-state index contributed by atoms with van der Waals surface area (Å²) in [7, 11) is 0. The van der Waals surface area contributed by atoms with Gasteiger partial charge in [0.05, 0.1) is 6.61 Å². The molecule has 2 aromatic heterocycles. The van der Waals surface area contributed by atoms with E-state index in [2.05, 4.69) is 15.0 Å². The highest BCUT2D eigenvalue weighted by molar-refractivity contribution is 5.83. The van der Waals surface area contributed by atoms with E-state index in [1.54, 1.807) is 0 Å². The summed E-state index contributed by atoms with van der Waals surface area (Å²) in [5.41, 5.74) is 6.30. The number of rotatable bonds is 5. The third-order valence-electron chi connectivity index (χ3n) is 7.04. The molecule has 3 heterocycles. The summed E-state index contributed by atoms with van der Waals surface area (Å²) in [5, 5.41) is 31.4. The number of aliphatic hydroxyl groups is 3. The van der Waals surface area contributed by atoms with Gasteiger partial charge in [0, 0.05) is 5.92 Å². The Hall–Kier alpha value is -4.10. The lowest BCUT2D eigenvalue weighted by atomic mass is 9.98. The van der Waals surface area contributed by atoms with Crippen LogP contribution in [0.3, 0.4) is 0 Å². The number of benzene rings is 2. The number of nitrogens with zero attached hydrogens (tertiary/aromatic N) is 3. The standard InChI is InChI=1S/C25H23N5O7/c26-24-28-21-18(22(34)29-24)27-11-30(21)25(20(33)19(32)17(9-31)37-25)23(35)36-10-16-14-7-3-1-5-12(14)13-6-2-4-8-15(13)16/h1-8,11,16-17,19-20,31-33H,9-10H2,(H3,26,28,29,34)/t17-,19-,20-,25+/m1/s1. The fraction of sp³-hybridized carbons (Fsp3) is 0.280. The van der Waals surface area contributed by atoms with Gasteiger partial charge in [0.2, 0.25) is 5.95 Å². The first kappa shape index (κ1) is 23.3. The number of aliphatic hydroxyl groups excluding tert-OH is 3. The first-order valence-corrected chi connectivity index (χ1v) is 11.6. The first-order chi connectivity index (χ1) is 17.9. The van der Waals surface area contributed by atoms with E-state index in [0.29, 0.717) is 0 Å². The number of carbonyl (C=O) groups is 1. The lowest BCUT2D eigenvalue weighted by Crippen LogP contribution is -2.52. The van der Waals surface area contributed by atoms with Crippen molar-refractivity contribution in [3.8, 4) is 11.1 Å². The number of imidazole rings is 1. The molecule has 2 aromatic carbocycles. The largest absolute Gasteiger partial charge is 0.461 e. The quantitative estimate of drug-likeness (QED) is 0.228. The highest BCUT2D eigenvalue weighted by Gasteiger charge is 2.62. The van der Waals surface area contributed by atoms with Gasteiger partial charge in [-0.2, -0.15) is 4.98 Å². The number of esters is 1. The van der Waals surface area contributed by atoms with Crippen molar-refractivity contribution in [1.29, 1.82) is 0 Å². The van der Waals surface area contributed by atoms with E-state index in [-0.39, 0.29) is 29.6 Å². The number of nitrogen functional groups attached to an aromatic ring is 1. The van der Waals surface area contributed by atoms with Gasteiger partial charge in [-0.15, -0.1) is 0 Å². The first-order valence-electron chi connectivity index (χ1n) is 11.6. The lowest BCUT2D eigenvalue weighted by Gasteiger charge is -2.31. The fourth-order valence-electron chi connectivity index (χ4n) is 5.29. The highest BCUT2D eigenvalue weighted by atomic mass is 16.6. The van der Waals surface area contributed by atoms with Crippen molar-refractivity contribution in [3.63, 3.8) is 0 Å². The van der Waals surface area contributed by atoms with Crippen LogP contribution in [0.1, 0.15) is 17.0 Å². The van der Waals surface area contributed by atoms with Gasteiger partial charge in [-0.05, 0) is 22.3 Å². The topological polar surface area (TPSA) is 186 Å². The van der Waals surface area contributed by atoms with E-state index in [4.69, 9.17) is 15.2 Å². The van der Waals surface area contributed by atoms with Crippen molar-refractivity contribution in [3.05, 3.63) is 76.3 Å². The molecular weight excluding hydrogens is 482 g/mol. The Balaban J connectivity index is 1.41. The number of nitrogens with one attached hydrogen (secondary N) is 1. The second-order valence-corrected chi connectivity index (χ2v) is 9.03. The summed E-state index contributed by atoms with van der Waals surface area (Å²) >= 11 is 0. The van der Waals surface area contributed by atoms with Crippen LogP contribution in [0.4, 0.5) is 5.95 Å². The van der Waals surface area contributed by atoms with Crippen LogP contribution in [0, 0.1) is 0 Å². The Morgan fingerprint density at radius 2 is 1.78 bits per heavy atom. The average Bonchev–Trinajstić information content (AvgIpc) is 3.54. The molecule has 0 saturated carbocycles. The molecule has 0 radical (unpaired) electrons. The molecule has 0 unspecified atom stereocenters. The zero-order valence-electron chi connectivity index (χ0n) is 19.3. The van der Waals surface area contributed by atoms with Crippen LogP contribution in [0.25, 0.3) is 22.3 Å². The minimum absolute atomic E-state index is 0.104. The van der Waals surface area contributed by atoms with E-state index in [1.165, 1.54) is 0 Å². The second-order valence-electron chi connectivity index (χ2n) is 9.03. The molecule has 190 valence electrons. The average molecular weight is 505 g/mol. The fourth-order valence-corrected chi connectivity index (χ4v) is 5.29. The molecule has 37 heavy (non-hydrogen) atoms. The van der Waals surface area contributed by atoms with Crippen molar-refractivity contribution in [2.75, 3.05) is 18.9 Å². The van der Waals surface area contributed by atoms with Gasteiger partial charge in [-0.1, -0.05) is 48.5 Å². The molecule has 2 aliphatic rings. The number of carbonyl (C=O) groups excluding carboxylic acids is 1. The van der Waals surface area contributed by atoms with Crippen LogP contribution in [-0.2, 0) is 20.0 Å². The van der Waals surface area contributed by atoms with Crippen molar-refractivity contribution in [1.82, 2.24) is 19.5 Å². The zero-order chi connectivity index (χ0) is 25.9. The number of anilines is 1. The lowest BCUT2D eigenvalue weighted by molar-refractivity contribution is -0.200. The summed E-state index contributed by atoms with van der Waals surface area (Å²) in [5.74, 6) is -1.60. The van der Waals surface area contributed by atoms with E-state index >= 15 is 0 Å². The number of H-pyrrole nitrogens is 1. The van der Waals surface area contributed by atoms with Gasteiger partial charge in [0.15, 0.2) is 11.2 Å². The molecule has 12 heteroatoms. The maximum absolute atomic E-state index is 13.8. The van der Waals surface area contributed by atoms with Gasteiger partial charge in [-0.3, -0.25) is 14.3 Å². The molecule has 6 rings (SSSR count). The number of hydrogen-bond acceptors (Lipinski definition) is 10. The summed E-state index contributed by atoms with van der Waals surface area (Å²) < 4.78 is 12.5. The van der Waals surface area contributed by atoms with Crippen LogP contribution < -0.4 is 11.3 Å². The molecule has 1 aliphatic carbocycles. The number of nitrogens with two attached hydrogens (primary N) is 1. The van der Waals surface area contributed by atoms with Crippen LogP contribution >= 0.6 is 0 Å². The minimum atomic E-state index is -2.40. The van der Waals surface area contributed by atoms with Crippen molar-refractivity contribution in [2.45, 2.75) is 30.0 Å². The molecule has 12 nitrogen and oxygen atoms in total. The van der Waals surface area contributed by atoms with Crippen LogP contribution in [0.15, 0.2) is 59.7 Å². The van der Waals surface area contributed by atoms with Crippen molar-refractivity contribution >= 4 is 23.1 Å². The second kappa shape index (κ2) is 8.49. The Bertz CT molecular complexity index is 1540. The van der Waals surface area contributed by atoms with Gasteiger partial charge in [-0.25, -0.2) is 9.78 Å². The summed E-state index contributed by atoms with van der Waals surface area (Å²) in [6.45, 7) is -0.799.